The minimum Gasteiger partial charge on any atom is -0.508 e. The Bertz CT molecular complexity index is 1210. The van der Waals surface area contributed by atoms with E-state index in [0.29, 0.717) is 54.4 Å². The van der Waals surface area contributed by atoms with Crippen LogP contribution in [0.4, 0.5) is 0 Å². The lowest BCUT2D eigenvalue weighted by Gasteiger charge is -2.22. The maximum absolute atomic E-state index is 11.3. The van der Waals surface area contributed by atoms with Crippen molar-refractivity contribution in [2.75, 3.05) is 0 Å². The number of hydrogen-bond donors (Lipinski definition) is 5. The first-order valence-corrected chi connectivity index (χ1v) is 13.0. The summed E-state index contributed by atoms with van der Waals surface area (Å²) >= 11 is 0. The number of aromatic hydroxyl groups is 4. The standard InChI is InChI=1S/C31H40O8/c1-30(2,29(37)38)14-7-5-10-21-16-25(33)18-23(27(21)35)12-9-13-24-19-26(34)17-22(28(24)36)11-6-8-15-31(3,4)39-20-32/h5,9-10,13,16-20,33-36H,6-8,11-12,14-15H2,1-4H3,(H,37,38)/b10-5+,13-9+. The highest BCUT2D eigenvalue weighted by Gasteiger charge is 2.25. The second kappa shape index (κ2) is 13.7. The number of carboxylic acid groups (broad SMARTS) is 1. The molecule has 2 aromatic rings. The Kier molecular flexibility index (Phi) is 11.0. The van der Waals surface area contributed by atoms with Gasteiger partial charge in [0.1, 0.15) is 28.6 Å². The van der Waals surface area contributed by atoms with E-state index in [0.717, 1.165) is 12.8 Å². The molecule has 5 N–H and O–H groups in total. The number of aryl methyl sites for hydroxylation is 1. The third kappa shape index (κ3) is 9.71. The van der Waals surface area contributed by atoms with Crippen LogP contribution in [0.2, 0.25) is 0 Å². The molecule has 39 heavy (non-hydrogen) atoms. The van der Waals surface area contributed by atoms with Gasteiger partial charge in [0.15, 0.2) is 0 Å². The summed E-state index contributed by atoms with van der Waals surface area (Å²) in [5.74, 6) is -0.828. The van der Waals surface area contributed by atoms with Crippen molar-refractivity contribution in [3.8, 4) is 23.0 Å². The molecular weight excluding hydrogens is 500 g/mol. The predicted octanol–water partition coefficient (Wildman–Crippen LogP) is 6.33. The molecule has 0 aliphatic heterocycles. The van der Waals surface area contributed by atoms with Crippen molar-refractivity contribution in [1.82, 2.24) is 0 Å². The van der Waals surface area contributed by atoms with E-state index in [-0.39, 0.29) is 29.4 Å². The molecule has 0 aliphatic carbocycles. The number of unbranched alkanes of at least 4 members (excludes halogenated alkanes) is 1. The Balaban J connectivity index is 2.08. The van der Waals surface area contributed by atoms with Crippen molar-refractivity contribution >= 4 is 24.6 Å². The molecule has 0 saturated heterocycles. The van der Waals surface area contributed by atoms with Crippen LogP contribution in [-0.4, -0.2) is 43.6 Å². The summed E-state index contributed by atoms with van der Waals surface area (Å²) in [4.78, 5) is 21.8. The van der Waals surface area contributed by atoms with Crippen molar-refractivity contribution < 1.29 is 39.9 Å². The van der Waals surface area contributed by atoms with Gasteiger partial charge in [-0.3, -0.25) is 9.59 Å². The number of phenols is 4. The molecule has 2 rings (SSSR count). The zero-order chi connectivity index (χ0) is 29.2. The van der Waals surface area contributed by atoms with Crippen molar-refractivity contribution in [3.63, 3.8) is 0 Å². The van der Waals surface area contributed by atoms with Crippen LogP contribution in [0.25, 0.3) is 12.2 Å². The van der Waals surface area contributed by atoms with Crippen LogP contribution < -0.4 is 0 Å². The van der Waals surface area contributed by atoms with Crippen molar-refractivity contribution in [2.45, 2.75) is 78.2 Å². The topological polar surface area (TPSA) is 145 Å². The molecule has 0 bridgehead atoms. The molecule has 0 amide bonds. The Hall–Kier alpha value is -3.94. The van der Waals surface area contributed by atoms with Gasteiger partial charge in [-0.2, -0.15) is 0 Å². The second-order valence-corrected chi connectivity index (χ2v) is 11.0. The summed E-state index contributed by atoms with van der Waals surface area (Å²) in [6.07, 6.45) is 10.7. The van der Waals surface area contributed by atoms with E-state index in [1.807, 2.05) is 13.8 Å². The quantitative estimate of drug-likeness (QED) is 0.100. The van der Waals surface area contributed by atoms with E-state index in [2.05, 4.69) is 0 Å². The Labute approximate surface area is 229 Å². The summed E-state index contributed by atoms with van der Waals surface area (Å²) in [6, 6.07) is 5.86. The molecular formula is C31H40O8. The molecule has 0 atom stereocenters. The molecule has 0 unspecified atom stereocenters. The fourth-order valence-corrected chi connectivity index (χ4v) is 4.13. The third-order valence-corrected chi connectivity index (χ3v) is 6.70. The minimum absolute atomic E-state index is 0.00602. The molecule has 0 spiro atoms. The van der Waals surface area contributed by atoms with E-state index in [4.69, 9.17) is 4.74 Å². The van der Waals surface area contributed by atoms with Crippen LogP contribution in [0.3, 0.4) is 0 Å². The highest BCUT2D eigenvalue weighted by atomic mass is 16.5. The van der Waals surface area contributed by atoms with Crippen LogP contribution in [0.1, 0.15) is 82.1 Å². The van der Waals surface area contributed by atoms with Crippen LogP contribution in [-0.2, 0) is 27.2 Å². The molecule has 0 aromatic heterocycles. The predicted molar refractivity (Wildman–Crippen MR) is 151 cm³/mol. The lowest BCUT2D eigenvalue weighted by atomic mass is 9.88. The third-order valence-electron chi connectivity index (χ3n) is 6.70. The smallest absolute Gasteiger partial charge is 0.309 e. The van der Waals surface area contributed by atoms with E-state index in [9.17, 15) is 35.1 Å². The van der Waals surface area contributed by atoms with Gasteiger partial charge >= 0.3 is 5.97 Å². The normalized spacial score (nSPS) is 12.3. The zero-order valence-electron chi connectivity index (χ0n) is 23.1. The lowest BCUT2D eigenvalue weighted by Crippen LogP contribution is -2.23. The monoisotopic (exact) mass is 540 g/mol. The van der Waals surface area contributed by atoms with E-state index in [1.165, 1.54) is 24.3 Å². The van der Waals surface area contributed by atoms with Crippen molar-refractivity contribution in [1.29, 1.82) is 0 Å². The number of allylic oxidation sites excluding steroid dienone is 2. The first kappa shape index (κ1) is 31.3. The lowest BCUT2D eigenvalue weighted by molar-refractivity contribution is -0.147. The number of carboxylic acids is 1. The molecule has 2 aromatic carbocycles. The second-order valence-electron chi connectivity index (χ2n) is 11.0. The molecule has 0 radical (unpaired) electrons. The zero-order valence-corrected chi connectivity index (χ0v) is 23.1. The summed E-state index contributed by atoms with van der Waals surface area (Å²) in [7, 11) is 0. The fraction of sp³-hybridized carbons (Fsp3) is 0.419. The van der Waals surface area contributed by atoms with Crippen LogP contribution in [0.15, 0.2) is 36.4 Å². The largest absolute Gasteiger partial charge is 0.508 e. The Morgan fingerprint density at radius 2 is 1.38 bits per heavy atom. The molecule has 0 saturated carbocycles. The van der Waals surface area contributed by atoms with Gasteiger partial charge in [-0.15, -0.1) is 0 Å². The number of aliphatic carboxylic acids is 1. The average Bonchev–Trinajstić information content (AvgIpc) is 2.84. The first-order chi connectivity index (χ1) is 18.3. The summed E-state index contributed by atoms with van der Waals surface area (Å²) in [5.41, 5.74) is 0.493. The SMILES string of the molecule is CC(C)(CCCCc1cc(O)cc(/C=C/Cc2cc(O)cc(/C=C/CCC(C)(C)C(=O)O)c2O)c1O)OC=O. The maximum Gasteiger partial charge on any atom is 0.309 e. The number of hydrogen-bond acceptors (Lipinski definition) is 7. The van der Waals surface area contributed by atoms with Gasteiger partial charge in [0, 0.05) is 16.7 Å². The Morgan fingerprint density at radius 3 is 1.97 bits per heavy atom. The van der Waals surface area contributed by atoms with E-state index >= 15 is 0 Å². The van der Waals surface area contributed by atoms with E-state index < -0.39 is 17.0 Å². The van der Waals surface area contributed by atoms with Gasteiger partial charge in [-0.05, 0) is 102 Å². The fourth-order valence-electron chi connectivity index (χ4n) is 4.13. The number of carbonyl (C=O) groups excluding carboxylic acids is 1. The molecule has 0 heterocycles. The van der Waals surface area contributed by atoms with Gasteiger partial charge in [0.2, 0.25) is 0 Å². The first-order valence-electron chi connectivity index (χ1n) is 13.0. The number of phenolic OH excluding ortho intramolecular Hbond substituents is 4. The highest BCUT2D eigenvalue weighted by Crippen LogP contribution is 2.33. The summed E-state index contributed by atoms with van der Waals surface area (Å²) in [5, 5.41) is 51.0. The van der Waals surface area contributed by atoms with Gasteiger partial charge in [-0.1, -0.05) is 24.3 Å². The van der Waals surface area contributed by atoms with Crippen LogP contribution in [0, 0.1) is 5.41 Å². The van der Waals surface area contributed by atoms with Gasteiger partial charge in [0.05, 0.1) is 5.41 Å². The molecule has 8 heteroatoms. The van der Waals surface area contributed by atoms with Gasteiger partial charge < -0.3 is 30.3 Å². The number of carbonyl (C=O) groups is 2. The summed E-state index contributed by atoms with van der Waals surface area (Å²) < 4.78 is 5.06. The van der Waals surface area contributed by atoms with E-state index in [1.54, 1.807) is 38.2 Å². The molecule has 0 aliphatic rings. The van der Waals surface area contributed by atoms with Crippen molar-refractivity contribution in [2.24, 2.45) is 5.41 Å². The van der Waals surface area contributed by atoms with Gasteiger partial charge in [0.25, 0.3) is 6.47 Å². The van der Waals surface area contributed by atoms with Gasteiger partial charge in [-0.25, -0.2) is 0 Å². The van der Waals surface area contributed by atoms with Crippen LogP contribution >= 0.6 is 0 Å². The molecule has 0 fully saturated rings. The minimum atomic E-state index is -0.875. The maximum atomic E-state index is 11.3. The Morgan fingerprint density at radius 1 is 0.821 bits per heavy atom. The number of rotatable bonds is 15. The van der Waals surface area contributed by atoms with Crippen molar-refractivity contribution in [3.05, 3.63) is 58.7 Å². The average molecular weight is 541 g/mol. The highest BCUT2D eigenvalue weighted by molar-refractivity contribution is 5.73. The number of ether oxygens (including phenoxy) is 1. The molecule has 212 valence electrons. The summed E-state index contributed by atoms with van der Waals surface area (Å²) in [6.45, 7) is 7.42. The molecule has 8 nitrogen and oxygen atoms in total. The van der Waals surface area contributed by atoms with Crippen LogP contribution in [0.5, 0.6) is 23.0 Å². The number of benzene rings is 2.